The number of hydrogen-bond donors (Lipinski definition) is 1. The van der Waals surface area contributed by atoms with Crippen molar-refractivity contribution in [3.8, 4) is 0 Å². The van der Waals surface area contributed by atoms with Crippen molar-refractivity contribution in [2.45, 2.75) is 77.2 Å². The summed E-state index contributed by atoms with van der Waals surface area (Å²) in [6, 6.07) is 8.58. The van der Waals surface area contributed by atoms with Crippen LogP contribution in [0.25, 0.3) is 0 Å². The largest absolute Gasteiger partial charge is 0.451 e. The van der Waals surface area contributed by atoms with Gasteiger partial charge in [0.25, 0.3) is 0 Å². The maximum Gasteiger partial charge on any atom is 0.303 e. The van der Waals surface area contributed by atoms with Crippen LogP contribution >= 0.6 is 0 Å². The number of rotatable bonds is 4. The fourth-order valence-corrected chi connectivity index (χ4v) is 7.89. The van der Waals surface area contributed by atoms with Crippen LogP contribution in [0.1, 0.15) is 77.2 Å². The third kappa shape index (κ3) is 3.30. The number of fused-ring (bicyclic) bond motifs is 4. The molecule has 180 valence electrons. The van der Waals surface area contributed by atoms with E-state index in [1.54, 1.807) is 6.92 Å². The van der Waals surface area contributed by atoms with Gasteiger partial charge in [0.2, 0.25) is 0 Å². The summed E-state index contributed by atoms with van der Waals surface area (Å²) in [6.07, 6.45) is 7.40. The predicted octanol–water partition coefficient (Wildman–Crippen LogP) is 5.52. The summed E-state index contributed by atoms with van der Waals surface area (Å²) in [6.45, 7) is 5.21. The zero-order valence-electron chi connectivity index (χ0n) is 20.7. The molecular formula is C29H35NO4. The van der Waals surface area contributed by atoms with E-state index in [9.17, 15) is 14.4 Å². The van der Waals surface area contributed by atoms with Gasteiger partial charge in [-0.25, -0.2) is 0 Å². The van der Waals surface area contributed by atoms with E-state index < -0.39 is 11.0 Å². The highest BCUT2D eigenvalue weighted by molar-refractivity contribution is 5.93. The van der Waals surface area contributed by atoms with E-state index in [1.807, 2.05) is 13.1 Å². The molecule has 2 saturated carbocycles. The number of nitrogens with one attached hydrogen (secondary N) is 1. The summed E-state index contributed by atoms with van der Waals surface area (Å²) < 4.78 is 5.98. The van der Waals surface area contributed by atoms with Gasteiger partial charge >= 0.3 is 5.97 Å². The molecule has 4 unspecified atom stereocenters. The highest BCUT2D eigenvalue weighted by Crippen LogP contribution is 2.67. The maximum atomic E-state index is 13.2. The number of carbonyl (C=O) groups excluding carboxylic acids is 3. The summed E-state index contributed by atoms with van der Waals surface area (Å²) in [7, 11) is 1.91. The molecule has 1 N–H and O–H groups in total. The number of esters is 1. The lowest BCUT2D eigenvalue weighted by Crippen LogP contribution is -2.57. The summed E-state index contributed by atoms with van der Waals surface area (Å²) in [4.78, 5) is 37.6. The highest BCUT2D eigenvalue weighted by Gasteiger charge is 2.67. The van der Waals surface area contributed by atoms with Crippen LogP contribution in [0.4, 0.5) is 5.69 Å². The summed E-state index contributed by atoms with van der Waals surface area (Å²) in [5, 5.41) is 3.20. The fourth-order valence-electron chi connectivity index (χ4n) is 7.89. The SMILES string of the molecule is CNc1ccc(C2CC3(C)C(CC[C@]3(OC(C)=O)C(C)=O)C3CCC4=CC(=O)CCC4=C23)cc1. The van der Waals surface area contributed by atoms with Crippen LogP contribution in [0.15, 0.2) is 47.1 Å². The van der Waals surface area contributed by atoms with Gasteiger partial charge in [-0.15, -0.1) is 0 Å². The average Bonchev–Trinajstić information content (AvgIpc) is 3.10. The maximum absolute atomic E-state index is 13.2. The van der Waals surface area contributed by atoms with Gasteiger partial charge in [-0.3, -0.25) is 14.4 Å². The molecule has 0 spiro atoms. The molecule has 0 saturated heterocycles. The molecule has 4 aliphatic carbocycles. The number of hydrogen-bond acceptors (Lipinski definition) is 5. The Kier molecular flexibility index (Phi) is 5.57. The van der Waals surface area contributed by atoms with Crippen LogP contribution in [0.5, 0.6) is 0 Å². The number of ether oxygens (including phenoxy) is 1. The molecule has 34 heavy (non-hydrogen) atoms. The molecule has 5 heteroatoms. The second kappa shape index (κ2) is 8.21. The van der Waals surface area contributed by atoms with Crippen LogP contribution in [0.3, 0.4) is 0 Å². The van der Waals surface area contributed by atoms with Crippen molar-refractivity contribution in [3.63, 3.8) is 0 Å². The van der Waals surface area contributed by atoms with E-state index in [-0.39, 0.29) is 29.4 Å². The zero-order chi connectivity index (χ0) is 24.3. The summed E-state index contributed by atoms with van der Waals surface area (Å²) >= 11 is 0. The normalized spacial score (nSPS) is 34.5. The standard InChI is InChI=1S/C29H35NO4/c1-17(31)29(34-18(2)32)14-13-26-24-11-7-20-15-22(33)10-12-23(20)27(24)25(16-28(26,29)3)19-5-8-21(30-4)9-6-19/h5-6,8-9,15,24-26,30H,7,10-14,16H2,1-4H3/t24?,25?,26?,28?,29-/m0/s1. The molecule has 1 aromatic rings. The second-order valence-electron chi connectivity index (χ2n) is 10.9. The molecule has 2 fully saturated rings. The Morgan fingerprint density at radius 3 is 2.44 bits per heavy atom. The molecule has 0 bridgehead atoms. The lowest BCUT2D eigenvalue weighted by molar-refractivity contribution is -0.182. The van der Waals surface area contributed by atoms with Crippen molar-refractivity contribution in [2.75, 3.05) is 12.4 Å². The van der Waals surface area contributed by atoms with Crippen molar-refractivity contribution in [3.05, 3.63) is 52.6 Å². The molecule has 1 aromatic carbocycles. The van der Waals surface area contributed by atoms with Gasteiger partial charge in [-0.1, -0.05) is 24.6 Å². The van der Waals surface area contributed by atoms with Gasteiger partial charge in [-0.05, 0) is 92.2 Å². The van der Waals surface area contributed by atoms with E-state index in [0.717, 1.165) is 37.8 Å². The van der Waals surface area contributed by atoms with Gasteiger partial charge in [0.05, 0.1) is 0 Å². The molecule has 0 aromatic heterocycles. The first-order valence-electron chi connectivity index (χ1n) is 12.6. The number of allylic oxidation sites excluding steroid dienone is 4. The molecule has 4 aliphatic rings. The van der Waals surface area contributed by atoms with Crippen LogP contribution < -0.4 is 5.32 Å². The molecule has 0 aliphatic heterocycles. The quantitative estimate of drug-likeness (QED) is 0.598. The molecule has 0 radical (unpaired) electrons. The Balaban J connectivity index is 1.69. The first-order chi connectivity index (χ1) is 16.2. The Labute approximate surface area is 202 Å². The van der Waals surface area contributed by atoms with Crippen molar-refractivity contribution >= 4 is 23.2 Å². The van der Waals surface area contributed by atoms with Gasteiger partial charge in [0.15, 0.2) is 17.2 Å². The zero-order valence-corrected chi connectivity index (χ0v) is 20.7. The minimum atomic E-state index is -1.07. The third-order valence-electron chi connectivity index (χ3n) is 9.34. The predicted molar refractivity (Wildman–Crippen MR) is 131 cm³/mol. The van der Waals surface area contributed by atoms with Crippen LogP contribution in [0.2, 0.25) is 0 Å². The number of anilines is 1. The van der Waals surface area contributed by atoms with E-state index in [4.69, 9.17) is 4.74 Å². The van der Waals surface area contributed by atoms with Gasteiger partial charge in [0, 0.05) is 37.4 Å². The van der Waals surface area contributed by atoms with Crippen LogP contribution in [-0.4, -0.2) is 30.2 Å². The van der Waals surface area contributed by atoms with E-state index in [2.05, 4.69) is 36.5 Å². The monoisotopic (exact) mass is 461 g/mol. The first kappa shape index (κ1) is 23.1. The Morgan fingerprint density at radius 2 is 1.79 bits per heavy atom. The average molecular weight is 462 g/mol. The number of carbonyl (C=O) groups is 3. The van der Waals surface area contributed by atoms with Crippen molar-refractivity contribution in [2.24, 2.45) is 17.3 Å². The second-order valence-corrected chi connectivity index (χ2v) is 10.9. The summed E-state index contributed by atoms with van der Waals surface area (Å²) in [5.41, 5.74) is 4.87. The van der Waals surface area contributed by atoms with E-state index in [1.165, 1.54) is 29.2 Å². The number of ketones is 2. The molecular weight excluding hydrogens is 426 g/mol. The minimum Gasteiger partial charge on any atom is -0.451 e. The Morgan fingerprint density at radius 1 is 1.06 bits per heavy atom. The number of Topliss-reactive ketones (excluding diaryl/α,β-unsaturated/α-hetero) is 1. The topological polar surface area (TPSA) is 72.5 Å². The smallest absolute Gasteiger partial charge is 0.303 e. The molecule has 5 rings (SSSR count). The lowest BCUT2D eigenvalue weighted by atomic mass is 9.50. The molecule has 5 nitrogen and oxygen atoms in total. The highest BCUT2D eigenvalue weighted by atomic mass is 16.6. The van der Waals surface area contributed by atoms with E-state index in [0.29, 0.717) is 18.8 Å². The van der Waals surface area contributed by atoms with Crippen molar-refractivity contribution < 1.29 is 19.1 Å². The summed E-state index contributed by atoms with van der Waals surface area (Å²) in [5.74, 6) is 0.579. The first-order valence-corrected chi connectivity index (χ1v) is 12.6. The molecule has 5 atom stereocenters. The van der Waals surface area contributed by atoms with Gasteiger partial charge < -0.3 is 10.1 Å². The minimum absolute atomic E-state index is 0.0345. The van der Waals surface area contributed by atoms with Gasteiger partial charge in [0.1, 0.15) is 0 Å². The van der Waals surface area contributed by atoms with Gasteiger partial charge in [-0.2, -0.15) is 0 Å². The molecule has 0 heterocycles. The fraction of sp³-hybridized carbons (Fsp3) is 0.552. The van der Waals surface area contributed by atoms with Crippen molar-refractivity contribution in [1.82, 2.24) is 0 Å². The molecule has 0 amide bonds. The number of benzene rings is 1. The third-order valence-corrected chi connectivity index (χ3v) is 9.34. The lowest BCUT2D eigenvalue weighted by Gasteiger charge is -2.55. The Hall–Kier alpha value is -2.69. The van der Waals surface area contributed by atoms with Crippen LogP contribution in [0, 0.1) is 17.3 Å². The van der Waals surface area contributed by atoms with Crippen LogP contribution in [-0.2, 0) is 19.1 Å². The van der Waals surface area contributed by atoms with E-state index >= 15 is 0 Å². The van der Waals surface area contributed by atoms with Crippen molar-refractivity contribution in [1.29, 1.82) is 0 Å². The Bertz CT molecular complexity index is 1110.